The fraction of sp³-hybridized carbons (Fsp3) is 0.364. The van der Waals surface area contributed by atoms with Crippen LogP contribution in [-0.4, -0.2) is 47.2 Å². The van der Waals surface area contributed by atoms with Gasteiger partial charge in [0.05, 0.1) is 12.8 Å². The molecule has 104 valence electrons. The zero-order chi connectivity index (χ0) is 14.3. The third kappa shape index (κ3) is 5.21. The normalized spacial score (nSPS) is 11.6. The molecule has 19 heavy (non-hydrogen) atoms. The van der Waals surface area contributed by atoms with Crippen LogP contribution >= 0.6 is 0 Å². The SMILES string of the molecule is O=C(CCNC(=O)c1ccco1)NC[C@H](O)C(=O)O. The summed E-state index contributed by atoms with van der Waals surface area (Å²) in [6, 6.07) is 3.05. The lowest BCUT2D eigenvalue weighted by Gasteiger charge is -2.08. The molecule has 1 atom stereocenters. The van der Waals surface area contributed by atoms with E-state index in [2.05, 4.69) is 10.6 Å². The first kappa shape index (κ1) is 14.7. The van der Waals surface area contributed by atoms with E-state index in [1.807, 2.05) is 0 Å². The monoisotopic (exact) mass is 270 g/mol. The number of aliphatic hydroxyl groups is 1. The molecule has 0 saturated heterocycles. The van der Waals surface area contributed by atoms with Crippen LogP contribution in [-0.2, 0) is 9.59 Å². The maximum absolute atomic E-state index is 11.4. The van der Waals surface area contributed by atoms with Gasteiger partial charge in [0.15, 0.2) is 11.9 Å². The minimum Gasteiger partial charge on any atom is -0.479 e. The van der Waals surface area contributed by atoms with Crippen molar-refractivity contribution in [2.24, 2.45) is 0 Å². The van der Waals surface area contributed by atoms with Crippen LogP contribution in [0.15, 0.2) is 22.8 Å². The summed E-state index contributed by atoms with van der Waals surface area (Å²) in [5.74, 6) is -2.18. The molecule has 0 aliphatic heterocycles. The van der Waals surface area contributed by atoms with Gasteiger partial charge in [0.25, 0.3) is 5.91 Å². The highest BCUT2D eigenvalue weighted by atomic mass is 16.4. The molecule has 8 nitrogen and oxygen atoms in total. The molecule has 0 unspecified atom stereocenters. The van der Waals surface area contributed by atoms with Gasteiger partial charge in [-0.25, -0.2) is 4.79 Å². The minimum atomic E-state index is -1.64. The summed E-state index contributed by atoms with van der Waals surface area (Å²) < 4.78 is 4.85. The zero-order valence-electron chi connectivity index (χ0n) is 9.96. The van der Waals surface area contributed by atoms with Crippen molar-refractivity contribution >= 4 is 17.8 Å². The van der Waals surface area contributed by atoms with Crippen LogP contribution in [0.5, 0.6) is 0 Å². The highest BCUT2D eigenvalue weighted by Crippen LogP contribution is 1.98. The summed E-state index contributed by atoms with van der Waals surface area (Å²) in [6.45, 7) is -0.297. The highest BCUT2D eigenvalue weighted by molar-refractivity contribution is 5.91. The predicted molar refractivity (Wildman–Crippen MR) is 62.3 cm³/mol. The number of amides is 2. The number of aliphatic carboxylic acids is 1. The van der Waals surface area contributed by atoms with Gasteiger partial charge in [0, 0.05) is 13.0 Å². The first-order chi connectivity index (χ1) is 9.00. The molecule has 0 radical (unpaired) electrons. The van der Waals surface area contributed by atoms with Gasteiger partial charge < -0.3 is 25.3 Å². The van der Waals surface area contributed by atoms with E-state index in [1.54, 1.807) is 6.07 Å². The zero-order valence-corrected chi connectivity index (χ0v) is 9.96. The van der Waals surface area contributed by atoms with E-state index in [0.29, 0.717) is 0 Å². The average molecular weight is 270 g/mol. The van der Waals surface area contributed by atoms with Crippen molar-refractivity contribution in [2.75, 3.05) is 13.1 Å². The molecule has 0 spiro atoms. The predicted octanol–water partition coefficient (Wildman–Crippen LogP) is -1.04. The molecule has 1 aromatic rings. The average Bonchev–Trinajstić information content (AvgIpc) is 2.89. The van der Waals surface area contributed by atoms with E-state index in [1.165, 1.54) is 12.3 Å². The van der Waals surface area contributed by atoms with Gasteiger partial charge in [0.2, 0.25) is 5.91 Å². The molecule has 1 rings (SSSR count). The van der Waals surface area contributed by atoms with E-state index < -0.39 is 23.9 Å². The third-order valence-electron chi connectivity index (χ3n) is 2.16. The molecule has 1 heterocycles. The molecule has 0 saturated carbocycles. The summed E-state index contributed by atoms with van der Waals surface area (Å²) in [5, 5.41) is 22.0. The van der Waals surface area contributed by atoms with Crippen LogP contribution in [0.2, 0.25) is 0 Å². The smallest absolute Gasteiger partial charge is 0.334 e. The topological polar surface area (TPSA) is 129 Å². The van der Waals surface area contributed by atoms with Gasteiger partial charge in [-0.3, -0.25) is 9.59 Å². The fourth-order valence-electron chi connectivity index (χ4n) is 1.17. The largest absolute Gasteiger partial charge is 0.479 e. The van der Waals surface area contributed by atoms with E-state index in [9.17, 15) is 14.4 Å². The number of hydrogen-bond donors (Lipinski definition) is 4. The summed E-state index contributed by atoms with van der Waals surface area (Å²) in [7, 11) is 0. The van der Waals surface area contributed by atoms with Crippen molar-refractivity contribution in [2.45, 2.75) is 12.5 Å². The number of carboxylic acid groups (broad SMARTS) is 1. The van der Waals surface area contributed by atoms with Crippen molar-refractivity contribution in [1.29, 1.82) is 0 Å². The van der Waals surface area contributed by atoms with Crippen molar-refractivity contribution in [1.82, 2.24) is 10.6 Å². The molecule has 8 heteroatoms. The molecule has 4 N–H and O–H groups in total. The fourth-order valence-corrected chi connectivity index (χ4v) is 1.17. The molecule has 0 bridgehead atoms. The Balaban J connectivity index is 2.17. The number of hydrogen-bond acceptors (Lipinski definition) is 5. The Hall–Kier alpha value is -2.35. The van der Waals surface area contributed by atoms with Crippen LogP contribution in [0.3, 0.4) is 0 Å². The number of furan rings is 1. The lowest BCUT2D eigenvalue weighted by Crippen LogP contribution is -2.38. The van der Waals surface area contributed by atoms with Crippen molar-refractivity contribution in [3.63, 3.8) is 0 Å². The molecular weight excluding hydrogens is 256 g/mol. The van der Waals surface area contributed by atoms with Gasteiger partial charge in [0.1, 0.15) is 0 Å². The molecule has 1 aromatic heterocycles. The number of carbonyl (C=O) groups excluding carboxylic acids is 2. The molecule has 0 aromatic carbocycles. The van der Waals surface area contributed by atoms with Gasteiger partial charge in [-0.05, 0) is 12.1 Å². The summed E-state index contributed by atoms with van der Waals surface area (Å²) in [4.78, 5) is 32.9. The molecule has 0 aliphatic carbocycles. The Morgan fingerprint density at radius 2 is 2.05 bits per heavy atom. The summed E-state index contributed by atoms with van der Waals surface area (Å²) >= 11 is 0. The lowest BCUT2D eigenvalue weighted by molar-refractivity contribution is -0.146. The number of carbonyl (C=O) groups is 3. The number of rotatable bonds is 7. The molecule has 2 amide bonds. The van der Waals surface area contributed by atoms with Crippen LogP contribution in [0.25, 0.3) is 0 Å². The van der Waals surface area contributed by atoms with Gasteiger partial charge in [-0.2, -0.15) is 0 Å². The summed E-state index contributed by atoms with van der Waals surface area (Å²) in [6.07, 6.45) is -0.310. The Bertz CT molecular complexity index is 442. The van der Waals surface area contributed by atoms with Crippen molar-refractivity contribution < 1.29 is 29.0 Å². The maximum atomic E-state index is 11.4. The van der Waals surface area contributed by atoms with Gasteiger partial charge >= 0.3 is 5.97 Å². The van der Waals surface area contributed by atoms with Crippen LogP contribution in [0, 0.1) is 0 Å². The number of nitrogens with one attached hydrogen (secondary N) is 2. The highest BCUT2D eigenvalue weighted by Gasteiger charge is 2.14. The molecule has 0 aliphatic rings. The quantitative estimate of drug-likeness (QED) is 0.501. The van der Waals surface area contributed by atoms with Crippen LogP contribution in [0.4, 0.5) is 0 Å². The second-order valence-electron chi connectivity index (χ2n) is 3.64. The van der Waals surface area contributed by atoms with Gasteiger partial charge in [-0.15, -0.1) is 0 Å². The van der Waals surface area contributed by atoms with E-state index in [4.69, 9.17) is 14.6 Å². The third-order valence-corrected chi connectivity index (χ3v) is 2.16. The van der Waals surface area contributed by atoms with Crippen LogP contribution in [0.1, 0.15) is 17.0 Å². The van der Waals surface area contributed by atoms with Gasteiger partial charge in [-0.1, -0.05) is 0 Å². The Kier molecular flexibility index (Phi) is 5.55. The molecular formula is C11H14N2O6. The second kappa shape index (κ2) is 7.17. The number of aliphatic hydroxyl groups excluding tert-OH is 1. The van der Waals surface area contributed by atoms with E-state index >= 15 is 0 Å². The van der Waals surface area contributed by atoms with E-state index in [0.717, 1.165) is 0 Å². The minimum absolute atomic E-state index is 0.0290. The summed E-state index contributed by atoms with van der Waals surface area (Å²) in [5.41, 5.74) is 0. The van der Waals surface area contributed by atoms with Crippen molar-refractivity contribution in [3.05, 3.63) is 24.2 Å². The first-order valence-corrected chi connectivity index (χ1v) is 5.50. The first-order valence-electron chi connectivity index (χ1n) is 5.50. The maximum Gasteiger partial charge on any atom is 0.334 e. The number of carboxylic acids is 1. The van der Waals surface area contributed by atoms with Crippen LogP contribution < -0.4 is 10.6 Å². The standard InChI is InChI=1S/C11H14N2O6/c14-7(11(17)18)6-13-9(15)3-4-12-10(16)8-2-1-5-19-8/h1-2,5,7,14H,3-4,6H2,(H,12,16)(H,13,15)(H,17,18)/t7-/m0/s1. The Morgan fingerprint density at radius 1 is 1.32 bits per heavy atom. The Morgan fingerprint density at radius 3 is 2.63 bits per heavy atom. The molecule has 0 fully saturated rings. The Labute approximate surface area is 108 Å². The second-order valence-corrected chi connectivity index (χ2v) is 3.64. The van der Waals surface area contributed by atoms with E-state index in [-0.39, 0.29) is 25.3 Å². The van der Waals surface area contributed by atoms with Crippen molar-refractivity contribution in [3.8, 4) is 0 Å². The lowest BCUT2D eigenvalue weighted by atomic mass is 10.3.